The van der Waals surface area contributed by atoms with E-state index in [1.807, 2.05) is 0 Å². The van der Waals surface area contributed by atoms with Gasteiger partial charge in [0, 0.05) is 25.9 Å². The fourth-order valence-electron chi connectivity index (χ4n) is 0.601. The Morgan fingerprint density at radius 1 is 1.64 bits per heavy atom. The van der Waals surface area contributed by atoms with Crippen molar-refractivity contribution in [3.8, 4) is 11.8 Å². The molecule has 0 aliphatic rings. The first-order valence-corrected chi connectivity index (χ1v) is 3.67. The van der Waals surface area contributed by atoms with Crippen LogP contribution in [0.4, 0.5) is 0 Å². The molecule has 0 fully saturated rings. The molecule has 3 N–H and O–H groups in total. The largest absolute Gasteiger partial charge is 0.355 e. The standard InChI is InChI=1S/C8H14N2O/c1-2-3-4-5-8(11)10-7-6-9/h4-7,9H2,1H3,(H,10,11). The van der Waals surface area contributed by atoms with E-state index in [4.69, 9.17) is 5.73 Å². The van der Waals surface area contributed by atoms with Crippen molar-refractivity contribution in [1.29, 1.82) is 0 Å². The molecule has 0 radical (unpaired) electrons. The van der Waals surface area contributed by atoms with Crippen LogP contribution >= 0.6 is 0 Å². The number of hydrogen-bond acceptors (Lipinski definition) is 2. The van der Waals surface area contributed by atoms with Gasteiger partial charge in [-0.25, -0.2) is 0 Å². The molecular weight excluding hydrogens is 140 g/mol. The molecule has 0 unspecified atom stereocenters. The van der Waals surface area contributed by atoms with Crippen molar-refractivity contribution in [3.63, 3.8) is 0 Å². The minimum atomic E-state index is 0.0261. The zero-order valence-electron chi connectivity index (χ0n) is 6.81. The Morgan fingerprint density at radius 2 is 2.36 bits per heavy atom. The second-order valence-electron chi connectivity index (χ2n) is 2.07. The minimum absolute atomic E-state index is 0.0261. The topological polar surface area (TPSA) is 55.1 Å². The molecule has 0 aromatic rings. The Labute approximate surface area is 67.3 Å². The number of amides is 1. The summed E-state index contributed by atoms with van der Waals surface area (Å²) in [5.74, 6) is 5.56. The summed E-state index contributed by atoms with van der Waals surface area (Å²) < 4.78 is 0. The molecule has 1 amide bonds. The smallest absolute Gasteiger partial charge is 0.220 e. The Balaban J connectivity index is 3.27. The molecule has 0 saturated carbocycles. The number of nitrogens with two attached hydrogens (primary N) is 1. The summed E-state index contributed by atoms with van der Waals surface area (Å²) in [5, 5.41) is 2.66. The van der Waals surface area contributed by atoms with Crippen molar-refractivity contribution in [3.05, 3.63) is 0 Å². The van der Waals surface area contributed by atoms with Gasteiger partial charge in [-0.3, -0.25) is 4.79 Å². The zero-order chi connectivity index (χ0) is 8.53. The third-order valence-electron chi connectivity index (χ3n) is 1.12. The molecule has 3 nitrogen and oxygen atoms in total. The van der Waals surface area contributed by atoms with Crippen LogP contribution in [-0.2, 0) is 4.79 Å². The van der Waals surface area contributed by atoms with E-state index < -0.39 is 0 Å². The van der Waals surface area contributed by atoms with Crippen LogP contribution in [0, 0.1) is 11.8 Å². The van der Waals surface area contributed by atoms with Gasteiger partial charge in [0.15, 0.2) is 0 Å². The van der Waals surface area contributed by atoms with E-state index in [0.29, 0.717) is 25.9 Å². The summed E-state index contributed by atoms with van der Waals surface area (Å²) in [6.45, 7) is 2.81. The average Bonchev–Trinajstić information content (AvgIpc) is 2.01. The van der Waals surface area contributed by atoms with Gasteiger partial charge >= 0.3 is 0 Å². The molecule has 0 aromatic carbocycles. The molecule has 0 aliphatic heterocycles. The van der Waals surface area contributed by atoms with Crippen molar-refractivity contribution in [2.75, 3.05) is 13.1 Å². The van der Waals surface area contributed by atoms with Crippen molar-refractivity contribution in [2.45, 2.75) is 19.8 Å². The molecule has 0 spiro atoms. The predicted molar refractivity (Wildman–Crippen MR) is 44.7 cm³/mol. The maximum Gasteiger partial charge on any atom is 0.220 e. The van der Waals surface area contributed by atoms with Crippen molar-refractivity contribution >= 4 is 5.91 Å². The molecule has 0 atom stereocenters. The summed E-state index contributed by atoms with van der Waals surface area (Å²) in [5.41, 5.74) is 5.19. The SMILES string of the molecule is CC#CCCC(=O)NCCN. The zero-order valence-corrected chi connectivity index (χ0v) is 6.81. The normalized spacial score (nSPS) is 8.18. The Morgan fingerprint density at radius 3 is 2.91 bits per heavy atom. The van der Waals surface area contributed by atoms with Gasteiger partial charge in [-0.05, 0) is 6.92 Å². The fraction of sp³-hybridized carbons (Fsp3) is 0.625. The lowest BCUT2D eigenvalue weighted by atomic mass is 10.3. The van der Waals surface area contributed by atoms with Gasteiger partial charge in [0.05, 0.1) is 0 Å². The summed E-state index contributed by atoms with van der Waals surface area (Å²) in [7, 11) is 0. The van der Waals surface area contributed by atoms with E-state index in [1.54, 1.807) is 6.92 Å². The lowest BCUT2D eigenvalue weighted by Gasteiger charge is -1.99. The molecule has 0 rings (SSSR count). The molecule has 0 aliphatic carbocycles. The first kappa shape index (κ1) is 9.99. The van der Waals surface area contributed by atoms with Gasteiger partial charge in [0.2, 0.25) is 5.91 Å². The number of hydrogen-bond donors (Lipinski definition) is 2. The van der Waals surface area contributed by atoms with Gasteiger partial charge in [-0.1, -0.05) is 0 Å². The van der Waals surface area contributed by atoms with Crippen LogP contribution in [0.3, 0.4) is 0 Å². The lowest BCUT2D eigenvalue weighted by molar-refractivity contribution is -0.120. The summed E-state index contributed by atoms with van der Waals surface area (Å²) in [6.07, 6.45) is 1.10. The quantitative estimate of drug-likeness (QED) is 0.554. The first-order valence-electron chi connectivity index (χ1n) is 3.67. The van der Waals surface area contributed by atoms with E-state index >= 15 is 0 Å². The molecule has 3 heteroatoms. The van der Waals surface area contributed by atoms with Gasteiger partial charge < -0.3 is 11.1 Å². The van der Waals surface area contributed by atoms with Crippen LogP contribution in [-0.4, -0.2) is 19.0 Å². The highest BCUT2D eigenvalue weighted by Gasteiger charge is 1.95. The van der Waals surface area contributed by atoms with Crippen LogP contribution in [0.2, 0.25) is 0 Å². The number of nitrogens with one attached hydrogen (secondary N) is 1. The Bertz CT molecular complexity index is 167. The van der Waals surface area contributed by atoms with E-state index in [0.717, 1.165) is 0 Å². The van der Waals surface area contributed by atoms with Crippen LogP contribution in [0.25, 0.3) is 0 Å². The third-order valence-corrected chi connectivity index (χ3v) is 1.12. The number of carbonyl (C=O) groups is 1. The average molecular weight is 154 g/mol. The van der Waals surface area contributed by atoms with E-state index in [9.17, 15) is 4.79 Å². The maximum atomic E-state index is 10.8. The molecule has 11 heavy (non-hydrogen) atoms. The predicted octanol–water partition coefficient (Wildman–Crippen LogP) is -0.135. The number of rotatable bonds is 4. The highest BCUT2D eigenvalue weighted by atomic mass is 16.1. The van der Waals surface area contributed by atoms with Crippen LogP contribution in [0.1, 0.15) is 19.8 Å². The van der Waals surface area contributed by atoms with Crippen LogP contribution in [0.15, 0.2) is 0 Å². The molecule has 0 aromatic heterocycles. The highest BCUT2D eigenvalue weighted by molar-refractivity contribution is 5.76. The molecule has 0 bridgehead atoms. The highest BCUT2D eigenvalue weighted by Crippen LogP contribution is 1.84. The molecule has 0 heterocycles. The first-order chi connectivity index (χ1) is 5.31. The van der Waals surface area contributed by atoms with E-state index in [1.165, 1.54) is 0 Å². The Kier molecular flexibility index (Phi) is 6.45. The monoisotopic (exact) mass is 154 g/mol. The second kappa shape index (κ2) is 7.10. The Hall–Kier alpha value is -1.01. The van der Waals surface area contributed by atoms with Gasteiger partial charge in [0.1, 0.15) is 0 Å². The van der Waals surface area contributed by atoms with Gasteiger partial charge in [0.25, 0.3) is 0 Å². The minimum Gasteiger partial charge on any atom is -0.355 e. The maximum absolute atomic E-state index is 10.8. The van der Waals surface area contributed by atoms with Crippen LogP contribution in [0.5, 0.6) is 0 Å². The molecule has 0 saturated heterocycles. The summed E-state index contributed by atoms with van der Waals surface area (Å²) >= 11 is 0. The summed E-state index contributed by atoms with van der Waals surface area (Å²) in [6, 6.07) is 0. The van der Waals surface area contributed by atoms with Crippen molar-refractivity contribution in [1.82, 2.24) is 5.32 Å². The number of carbonyl (C=O) groups excluding carboxylic acids is 1. The van der Waals surface area contributed by atoms with Gasteiger partial charge in [-0.15, -0.1) is 11.8 Å². The van der Waals surface area contributed by atoms with Gasteiger partial charge in [-0.2, -0.15) is 0 Å². The third kappa shape index (κ3) is 6.88. The van der Waals surface area contributed by atoms with Crippen molar-refractivity contribution in [2.24, 2.45) is 5.73 Å². The van der Waals surface area contributed by atoms with Crippen molar-refractivity contribution < 1.29 is 4.79 Å². The summed E-state index contributed by atoms with van der Waals surface area (Å²) in [4.78, 5) is 10.8. The fourth-order valence-corrected chi connectivity index (χ4v) is 0.601. The molecule has 62 valence electrons. The lowest BCUT2D eigenvalue weighted by Crippen LogP contribution is -2.28. The van der Waals surface area contributed by atoms with E-state index in [-0.39, 0.29) is 5.91 Å². The van der Waals surface area contributed by atoms with E-state index in [2.05, 4.69) is 17.2 Å². The molecular formula is C8H14N2O. The second-order valence-corrected chi connectivity index (χ2v) is 2.07. The van der Waals surface area contributed by atoms with Crippen LogP contribution < -0.4 is 11.1 Å².